The number of halogens is 1. The number of rotatable bonds is 11. The van der Waals surface area contributed by atoms with Crippen LogP contribution in [-0.2, 0) is 15.1 Å². The normalized spacial score (nSPS) is 18.4. The number of hydrogen-bond donors (Lipinski definition) is 3. The van der Waals surface area contributed by atoms with Crippen LogP contribution in [0.3, 0.4) is 0 Å². The van der Waals surface area contributed by atoms with Gasteiger partial charge in [-0.2, -0.15) is 15.0 Å². The highest BCUT2D eigenvalue weighted by Gasteiger charge is 2.30. The van der Waals surface area contributed by atoms with E-state index in [9.17, 15) is 19.2 Å². The van der Waals surface area contributed by atoms with Gasteiger partial charge >= 0.3 is 0 Å². The lowest BCUT2D eigenvalue weighted by molar-refractivity contribution is -0.134. The smallest absolute Gasteiger partial charge is 0.293 e. The average Bonchev–Trinajstić information content (AvgIpc) is 4.10. The van der Waals surface area contributed by atoms with Crippen LogP contribution in [0.5, 0.6) is 0 Å². The van der Waals surface area contributed by atoms with Crippen molar-refractivity contribution in [3.63, 3.8) is 0 Å². The molecule has 3 fully saturated rings. The van der Waals surface area contributed by atoms with Crippen LogP contribution in [0.25, 0.3) is 28.0 Å². The maximum Gasteiger partial charge on any atom is 0.293 e. The molecule has 66 heavy (non-hydrogen) atoms. The van der Waals surface area contributed by atoms with Crippen molar-refractivity contribution in [3.05, 3.63) is 95.6 Å². The van der Waals surface area contributed by atoms with E-state index in [1.807, 2.05) is 69.7 Å². The van der Waals surface area contributed by atoms with Gasteiger partial charge in [0.2, 0.25) is 11.8 Å². The van der Waals surface area contributed by atoms with Crippen LogP contribution >= 0.6 is 0 Å². The van der Waals surface area contributed by atoms with Crippen molar-refractivity contribution >= 4 is 34.8 Å². The van der Waals surface area contributed by atoms with Crippen LogP contribution in [-0.4, -0.2) is 112 Å². The third-order valence-electron chi connectivity index (χ3n) is 13.0. The third kappa shape index (κ3) is 9.43. The number of aryl methyl sites for hydroxylation is 1. The minimum Gasteiger partial charge on any atom is -0.371 e. The van der Waals surface area contributed by atoms with Crippen molar-refractivity contribution in [3.8, 4) is 22.5 Å². The second kappa shape index (κ2) is 18.2. The molecule has 3 N–H and O–H groups in total. The van der Waals surface area contributed by atoms with Crippen LogP contribution < -0.4 is 20.9 Å². The molecule has 18 nitrogen and oxygen atoms in total. The number of likely N-dealkylation sites (tertiary alicyclic amines) is 1. The molecule has 0 bridgehead atoms. The highest BCUT2D eigenvalue weighted by molar-refractivity contribution is 6.04. The van der Waals surface area contributed by atoms with Crippen LogP contribution in [0.1, 0.15) is 110 Å². The Morgan fingerprint density at radius 2 is 1.71 bits per heavy atom. The van der Waals surface area contributed by atoms with Gasteiger partial charge in [0.05, 0.1) is 58.7 Å². The summed E-state index contributed by atoms with van der Waals surface area (Å²) in [4.78, 5) is 60.6. The first kappa shape index (κ1) is 44.3. The summed E-state index contributed by atoms with van der Waals surface area (Å²) in [6.45, 7) is 14.3. The Hall–Kier alpha value is -6.89. The van der Waals surface area contributed by atoms with E-state index in [-0.39, 0.29) is 48.1 Å². The molecule has 0 aliphatic carbocycles. The monoisotopic (exact) mass is 898 g/mol. The SMILES string of the molecule is Cc1cc(-c2nc(-c3cnn(C4CCN(CC5CCN(c6ccc(C(=O)N[C@H]7CCC(=O)NC7=O)c(F)c6)CC5)CC4)c3)cn3nccc23)ccc1[C@@H](C)NC(=O)c1nnn(C(C)(C)C)n1. The van der Waals surface area contributed by atoms with Gasteiger partial charge < -0.3 is 20.4 Å². The standard InChI is InChI=1S/C47H55FN14O4/c1-28-22-31(6-8-35(28)29(2)51-46(66)43-55-57-62(56-43)47(3,4)5)42-40-12-17-49-61(40)27-39(52-42)32-24-50-60(26-32)33-15-18-58(19-16-33)25-30-13-20-59(21-14-30)34-7-9-36(37(48)23-34)44(64)53-38-10-11-41(63)54-45(38)65/h6-9,12,17,22-24,26-27,29-30,33,38H,10-11,13-16,18-21,25H2,1-5H3,(H,51,66)(H,53,64)(H,54,63,65)/t29-,38+/m1/s1. The number of tetrazole rings is 1. The highest BCUT2D eigenvalue weighted by Crippen LogP contribution is 2.32. The lowest BCUT2D eigenvalue weighted by Crippen LogP contribution is -2.52. The van der Waals surface area contributed by atoms with Crippen molar-refractivity contribution in [2.75, 3.05) is 37.6 Å². The van der Waals surface area contributed by atoms with Gasteiger partial charge in [-0.1, -0.05) is 12.1 Å². The predicted molar refractivity (Wildman–Crippen MR) is 243 cm³/mol. The van der Waals surface area contributed by atoms with E-state index in [0.717, 1.165) is 103 Å². The van der Waals surface area contributed by atoms with E-state index in [2.05, 4.69) is 63.2 Å². The highest BCUT2D eigenvalue weighted by atomic mass is 19.1. The Kier molecular flexibility index (Phi) is 12.2. The maximum absolute atomic E-state index is 15.2. The molecule has 2 aromatic carbocycles. The number of imide groups is 1. The van der Waals surface area contributed by atoms with E-state index >= 15 is 4.39 Å². The molecule has 7 heterocycles. The first-order valence-corrected chi connectivity index (χ1v) is 22.7. The lowest BCUT2D eigenvalue weighted by Gasteiger charge is -2.38. The number of benzene rings is 2. The number of nitrogens with zero attached hydrogens (tertiary/aromatic N) is 11. The predicted octanol–water partition coefficient (Wildman–Crippen LogP) is 5.03. The van der Waals surface area contributed by atoms with Gasteiger partial charge in [0, 0.05) is 62.2 Å². The first-order valence-electron chi connectivity index (χ1n) is 22.7. The molecule has 3 aliphatic heterocycles. The van der Waals surface area contributed by atoms with Crippen LogP contribution in [0.15, 0.2) is 67.3 Å². The fourth-order valence-corrected chi connectivity index (χ4v) is 9.24. The molecular formula is C47H55FN14O4. The number of anilines is 1. The molecule has 344 valence electrons. The summed E-state index contributed by atoms with van der Waals surface area (Å²) in [6.07, 6.45) is 11.9. The molecule has 4 aromatic heterocycles. The van der Waals surface area contributed by atoms with Gasteiger partial charge in [-0.15, -0.1) is 10.2 Å². The van der Waals surface area contributed by atoms with Crippen molar-refractivity contribution in [2.24, 2.45) is 5.92 Å². The summed E-state index contributed by atoms with van der Waals surface area (Å²) in [7, 11) is 0. The van der Waals surface area contributed by atoms with Crippen LogP contribution in [0.4, 0.5) is 10.1 Å². The summed E-state index contributed by atoms with van der Waals surface area (Å²) in [5.74, 6) is -2.10. The van der Waals surface area contributed by atoms with Crippen molar-refractivity contribution in [1.29, 1.82) is 0 Å². The molecule has 3 aliphatic rings. The summed E-state index contributed by atoms with van der Waals surface area (Å²) >= 11 is 0. The number of aromatic nitrogens is 9. The maximum atomic E-state index is 15.2. The number of piperidine rings is 3. The van der Waals surface area contributed by atoms with Gasteiger partial charge in [-0.25, -0.2) is 13.9 Å². The zero-order valence-electron chi connectivity index (χ0n) is 37.9. The van der Waals surface area contributed by atoms with Crippen LogP contribution in [0.2, 0.25) is 0 Å². The van der Waals surface area contributed by atoms with Gasteiger partial charge in [0.15, 0.2) is 0 Å². The van der Waals surface area contributed by atoms with E-state index in [1.165, 1.54) is 16.9 Å². The van der Waals surface area contributed by atoms with E-state index in [4.69, 9.17) is 10.1 Å². The number of hydrogen-bond acceptors (Lipinski definition) is 12. The zero-order chi connectivity index (χ0) is 46.3. The summed E-state index contributed by atoms with van der Waals surface area (Å²) in [5.41, 5.74) is 6.46. The fourth-order valence-electron chi connectivity index (χ4n) is 9.24. The lowest BCUT2D eigenvalue weighted by atomic mass is 9.94. The zero-order valence-corrected chi connectivity index (χ0v) is 37.9. The Morgan fingerprint density at radius 1 is 0.924 bits per heavy atom. The Labute approximate surface area is 381 Å². The number of nitrogens with one attached hydrogen (secondary N) is 3. The average molecular weight is 899 g/mol. The molecule has 3 saturated heterocycles. The fraction of sp³-hybridized carbons (Fsp3) is 0.447. The van der Waals surface area contributed by atoms with Crippen LogP contribution in [0, 0.1) is 18.7 Å². The van der Waals surface area contributed by atoms with Crippen molar-refractivity contribution < 1.29 is 23.6 Å². The number of carbonyl (C=O) groups is 4. The quantitative estimate of drug-likeness (QED) is 0.147. The van der Waals surface area contributed by atoms with E-state index in [1.54, 1.807) is 12.3 Å². The second-order valence-electron chi connectivity index (χ2n) is 18.8. The minimum absolute atomic E-state index is 0.0258. The third-order valence-corrected chi connectivity index (χ3v) is 13.0. The van der Waals surface area contributed by atoms with Gasteiger partial charge in [-0.3, -0.25) is 29.2 Å². The molecule has 19 heteroatoms. The Bertz CT molecular complexity index is 2790. The number of carbonyl (C=O) groups excluding carboxylic acids is 4. The van der Waals surface area contributed by atoms with Gasteiger partial charge in [-0.05, 0) is 119 Å². The number of fused-ring (bicyclic) bond motifs is 1. The summed E-state index contributed by atoms with van der Waals surface area (Å²) < 4.78 is 19.1. The molecule has 0 spiro atoms. The largest absolute Gasteiger partial charge is 0.371 e. The van der Waals surface area contributed by atoms with Gasteiger partial charge in [0.25, 0.3) is 17.6 Å². The molecule has 0 saturated carbocycles. The molecule has 9 rings (SSSR count). The van der Waals surface area contributed by atoms with E-state index < -0.39 is 29.2 Å². The molecular weight excluding hydrogens is 844 g/mol. The molecule has 2 atom stereocenters. The van der Waals surface area contributed by atoms with E-state index in [0.29, 0.717) is 5.92 Å². The van der Waals surface area contributed by atoms with Crippen molar-refractivity contribution in [1.82, 2.24) is 65.4 Å². The van der Waals surface area contributed by atoms with Crippen molar-refractivity contribution in [2.45, 2.75) is 96.8 Å². The summed E-state index contributed by atoms with van der Waals surface area (Å²) in [5, 5.41) is 29.4. The summed E-state index contributed by atoms with van der Waals surface area (Å²) in [6, 6.07) is 11.8. The molecule has 4 amide bonds. The number of amides is 4. The molecule has 0 radical (unpaired) electrons. The molecule has 6 aromatic rings. The first-order chi connectivity index (χ1) is 31.7. The molecule has 0 unspecified atom stereocenters. The minimum atomic E-state index is -0.865. The second-order valence-corrected chi connectivity index (χ2v) is 18.8. The topological polar surface area (TPSA) is 202 Å². The van der Waals surface area contributed by atoms with Gasteiger partial charge in [0.1, 0.15) is 11.9 Å². The Morgan fingerprint density at radius 3 is 2.42 bits per heavy atom. The Balaban J connectivity index is 0.777.